The van der Waals surface area contributed by atoms with Crippen LogP contribution in [0, 0.1) is 5.92 Å². The van der Waals surface area contributed by atoms with Crippen LogP contribution in [0.4, 0.5) is 26.3 Å². The summed E-state index contributed by atoms with van der Waals surface area (Å²) in [6.07, 6.45) is -13.1. The number of esters is 1. The molecule has 1 saturated carbocycles. The third kappa shape index (κ3) is 4.92. The lowest BCUT2D eigenvalue weighted by molar-refractivity contribution is -0.392. The zero-order valence-electron chi connectivity index (χ0n) is 13.8. The van der Waals surface area contributed by atoms with E-state index in [9.17, 15) is 36.2 Å². The van der Waals surface area contributed by atoms with Gasteiger partial charge in [0.05, 0.1) is 0 Å². The van der Waals surface area contributed by atoms with Gasteiger partial charge in [0.15, 0.2) is 0 Å². The van der Waals surface area contributed by atoms with Gasteiger partial charge in [0.25, 0.3) is 5.60 Å². The Morgan fingerprint density at radius 1 is 1.16 bits per heavy atom. The van der Waals surface area contributed by atoms with E-state index in [0.29, 0.717) is 25.7 Å². The third-order valence-corrected chi connectivity index (χ3v) is 5.89. The SMILES string of the molecule is CCC(C)(I)C(=O)OC(CC1CCCC1)C(O)(C(F)(F)F)C(F)(F)F. The van der Waals surface area contributed by atoms with Gasteiger partial charge >= 0.3 is 18.3 Å². The molecule has 1 fully saturated rings. The summed E-state index contributed by atoms with van der Waals surface area (Å²) in [5, 5.41) is 9.66. The van der Waals surface area contributed by atoms with Crippen LogP contribution in [0.5, 0.6) is 0 Å². The van der Waals surface area contributed by atoms with Crippen molar-refractivity contribution in [2.24, 2.45) is 5.92 Å². The molecule has 0 aromatic rings. The number of carbonyl (C=O) groups excluding carboxylic acids is 1. The molecular formula is C15H21F6IO3. The highest BCUT2D eigenvalue weighted by molar-refractivity contribution is 14.1. The van der Waals surface area contributed by atoms with Gasteiger partial charge in [0, 0.05) is 0 Å². The Morgan fingerprint density at radius 3 is 1.96 bits per heavy atom. The van der Waals surface area contributed by atoms with Crippen molar-refractivity contribution in [2.75, 3.05) is 0 Å². The van der Waals surface area contributed by atoms with Crippen LogP contribution in [0.1, 0.15) is 52.4 Å². The summed E-state index contributed by atoms with van der Waals surface area (Å²) in [5.41, 5.74) is -5.10. The summed E-state index contributed by atoms with van der Waals surface area (Å²) >= 11 is 1.62. The summed E-state index contributed by atoms with van der Waals surface area (Å²) in [5.74, 6) is -1.67. The van der Waals surface area contributed by atoms with Crippen LogP contribution in [0.3, 0.4) is 0 Å². The minimum absolute atomic E-state index is 0.152. The molecule has 0 bridgehead atoms. The normalized spacial score (nSPS) is 21.0. The smallest absolute Gasteiger partial charge is 0.430 e. The zero-order valence-corrected chi connectivity index (χ0v) is 16.0. The van der Waals surface area contributed by atoms with E-state index in [1.54, 1.807) is 29.5 Å². The summed E-state index contributed by atoms with van der Waals surface area (Å²) in [7, 11) is 0. The molecule has 0 spiro atoms. The third-order valence-electron chi connectivity index (χ3n) is 4.69. The first-order valence-electron chi connectivity index (χ1n) is 7.92. The number of alkyl halides is 7. The van der Waals surface area contributed by atoms with E-state index >= 15 is 0 Å². The van der Waals surface area contributed by atoms with Gasteiger partial charge in [-0.3, -0.25) is 4.79 Å². The lowest BCUT2D eigenvalue weighted by atomic mass is 9.86. The quantitative estimate of drug-likeness (QED) is 0.249. The highest BCUT2D eigenvalue weighted by Crippen LogP contribution is 2.49. The number of aliphatic hydroxyl groups is 1. The Bertz CT molecular complexity index is 455. The maximum atomic E-state index is 13.2. The van der Waals surface area contributed by atoms with Gasteiger partial charge in [-0.1, -0.05) is 55.2 Å². The van der Waals surface area contributed by atoms with E-state index in [0.717, 1.165) is 0 Å². The summed E-state index contributed by atoms with van der Waals surface area (Å²) in [6, 6.07) is 0. The molecule has 1 aliphatic rings. The van der Waals surface area contributed by atoms with Crippen LogP contribution in [0.25, 0.3) is 0 Å². The molecule has 1 aliphatic carbocycles. The van der Waals surface area contributed by atoms with E-state index in [1.165, 1.54) is 6.92 Å². The van der Waals surface area contributed by atoms with Crippen molar-refractivity contribution < 1.29 is 41.0 Å². The van der Waals surface area contributed by atoms with Gasteiger partial charge in [-0.25, -0.2) is 0 Å². The summed E-state index contributed by atoms with van der Waals surface area (Å²) in [4.78, 5) is 12.1. The largest absolute Gasteiger partial charge is 0.458 e. The Hall–Kier alpha value is -0.260. The van der Waals surface area contributed by atoms with Gasteiger partial charge in [-0.05, 0) is 25.7 Å². The number of halogens is 7. The predicted molar refractivity (Wildman–Crippen MR) is 86.2 cm³/mol. The molecule has 2 unspecified atom stereocenters. The Labute approximate surface area is 155 Å². The van der Waals surface area contributed by atoms with Gasteiger partial charge < -0.3 is 9.84 Å². The number of hydrogen-bond acceptors (Lipinski definition) is 3. The van der Waals surface area contributed by atoms with Crippen molar-refractivity contribution in [3.63, 3.8) is 0 Å². The molecule has 0 amide bonds. The monoisotopic (exact) mass is 490 g/mol. The van der Waals surface area contributed by atoms with Gasteiger partial charge in [-0.2, -0.15) is 26.3 Å². The van der Waals surface area contributed by atoms with Crippen molar-refractivity contribution in [1.82, 2.24) is 0 Å². The minimum atomic E-state index is -6.03. The van der Waals surface area contributed by atoms with Crippen molar-refractivity contribution in [2.45, 2.75) is 79.9 Å². The van der Waals surface area contributed by atoms with E-state index in [2.05, 4.69) is 4.74 Å². The Balaban J connectivity index is 3.25. The molecule has 0 aromatic heterocycles. The number of hydrogen-bond donors (Lipinski definition) is 1. The molecule has 10 heteroatoms. The van der Waals surface area contributed by atoms with Crippen LogP contribution in [-0.2, 0) is 9.53 Å². The van der Waals surface area contributed by atoms with Crippen LogP contribution < -0.4 is 0 Å². The maximum absolute atomic E-state index is 13.2. The standard InChI is InChI=1S/C15H21F6IO3/c1-3-12(2,22)11(23)25-10(8-9-6-4-5-7-9)13(24,14(16,17)18)15(19,20)21/h9-10,24H,3-8H2,1-2H3. The van der Waals surface area contributed by atoms with Crippen molar-refractivity contribution >= 4 is 28.6 Å². The summed E-state index contributed by atoms with van der Waals surface area (Å²) in [6.45, 7) is 2.90. The van der Waals surface area contributed by atoms with E-state index in [4.69, 9.17) is 0 Å². The van der Waals surface area contributed by atoms with Crippen molar-refractivity contribution in [3.8, 4) is 0 Å². The van der Waals surface area contributed by atoms with E-state index in [-0.39, 0.29) is 6.42 Å². The van der Waals surface area contributed by atoms with Crippen LogP contribution in [0.15, 0.2) is 0 Å². The lowest BCUT2D eigenvalue weighted by Gasteiger charge is -2.39. The predicted octanol–water partition coefficient (Wildman–Crippen LogP) is 4.94. The maximum Gasteiger partial charge on any atom is 0.430 e. The first kappa shape index (κ1) is 22.8. The van der Waals surface area contributed by atoms with Crippen LogP contribution >= 0.6 is 22.6 Å². The Kier molecular flexibility index (Phi) is 7.08. The molecule has 0 radical (unpaired) electrons. The Morgan fingerprint density at radius 2 is 1.60 bits per heavy atom. The van der Waals surface area contributed by atoms with Crippen LogP contribution in [-0.4, -0.2) is 38.6 Å². The first-order chi connectivity index (χ1) is 11.2. The van der Waals surface area contributed by atoms with Crippen molar-refractivity contribution in [3.05, 3.63) is 0 Å². The minimum Gasteiger partial charge on any atom is -0.458 e. The highest BCUT2D eigenvalue weighted by Gasteiger charge is 2.75. The fourth-order valence-electron chi connectivity index (χ4n) is 2.77. The molecule has 3 nitrogen and oxygen atoms in total. The second-order valence-electron chi connectivity index (χ2n) is 6.59. The molecule has 1 rings (SSSR count). The summed E-state index contributed by atoms with van der Waals surface area (Å²) < 4.78 is 82.5. The average Bonchev–Trinajstić information content (AvgIpc) is 2.96. The molecule has 1 N–H and O–H groups in total. The molecule has 2 atom stereocenters. The second-order valence-corrected chi connectivity index (χ2v) is 8.97. The number of rotatable bonds is 6. The topological polar surface area (TPSA) is 46.5 Å². The molecule has 25 heavy (non-hydrogen) atoms. The van der Waals surface area contributed by atoms with Crippen molar-refractivity contribution in [1.29, 1.82) is 0 Å². The first-order valence-corrected chi connectivity index (χ1v) is 9.00. The molecule has 148 valence electrons. The second kappa shape index (κ2) is 7.77. The van der Waals surface area contributed by atoms with Crippen LogP contribution in [0.2, 0.25) is 0 Å². The van der Waals surface area contributed by atoms with Gasteiger partial charge in [0.2, 0.25) is 0 Å². The van der Waals surface area contributed by atoms with Gasteiger partial charge in [0.1, 0.15) is 9.53 Å². The number of carbonyl (C=O) groups is 1. The molecular weight excluding hydrogens is 469 g/mol. The molecule has 0 heterocycles. The number of ether oxygens (including phenoxy) is 1. The van der Waals surface area contributed by atoms with E-state index in [1.807, 2.05) is 0 Å². The lowest BCUT2D eigenvalue weighted by Crippen LogP contribution is -2.65. The highest BCUT2D eigenvalue weighted by atomic mass is 127. The average molecular weight is 490 g/mol. The van der Waals surface area contributed by atoms with E-state index < -0.39 is 45.8 Å². The van der Waals surface area contributed by atoms with Gasteiger partial charge in [-0.15, -0.1) is 0 Å². The fraction of sp³-hybridized carbons (Fsp3) is 0.933. The molecule has 0 aliphatic heterocycles. The molecule has 0 saturated heterocycles. The fourth-order valence-corrected chi connectivity index (χ4v) is 2.90. The molecule has 0 aromatic carbocycles. The zero-order chi connectivity index (χ0) is 19.7.